The topological polar surface area (TPSA) is 102 Å². The van der Waals surface area contributed by atoms with E-state index in [0.717, 1.165) is 32.2 Å². The summed E-state index contributed by atoms with van der Waals surface area (Å²) in [6.45, 7) is 3.45. The maximum atomic E-state index is 10.8. The predicted molar refractivity (Wildman–Crippen MR) is 282 cm³/mol. The largest absolute Gasteiger partial charge is 0.370 e. The highest BCUT2D eigenvalue weighted by Crippen LogP contribution is 2.19. The Balaban J connectivity index is 1.72. The molecule has 0 aliphatic carbocycles. The van der Waals surface area contributed by atoms with Crippen molar-refractivity contribution in [3.8, 4) is 0 Å². The lowest BCUT2D eigenvalue weighted by Crippen LogP contribution is -2.28. The van der Waals surface area contributed by atoms with Gasteiger partial charge in [0.25, 0.3) is 0 Å². The number of carbonyl (C=O) groups excluding carboxylic acids is 2. The van der Waals surface area contributed by atoms with Crippen LogP contribution >= 0.6 is 0 Å². The van der Waals surface area contributed by atoms with Crippen LogP contribution in [-0.2, 0) is 9.59 Å². The summed E-state index contributed by atoms with van der Waals surface area (Å²) >= 11 is 0. The summed E-state index contributed by atoms with van der Waals surface area (Å²) in [6.07, 6.45) is 70.5. The molecule has 0 bridgehead atoms. The molecule has 0 aromatic carbocycles. The molecule has 1 heterocycles. The summed E-state index contributed by atoms with van der Waals surface area (Å²) in [5, 5.41) is 0. The number of amidine groups is 1. The monoisotopic (exact) mass is 899 g/mol. The van der Waals surface area contributed by atoms with Gasteiger partial charge in [-0.1, -0.05) is 289 Å². The van der Waals surface area contributed by atoms with Gasteiger partial charge in [-0.25, -0.2) is 0 Å². The van der Waals surface area contributed by atoms with E-state index in [9.17, 15) is 9.59 Å². The molecule has 0 spiro atoms. The lowest BCUT2D eigenvalue weighted by Gasteiger charge is -2.20. The molecule has 0 saturated heterocycles. The maximum Gasteiger partial charge on any atom is 0.217 e. The van der Waals surface area contributed by atoms with Crippen LogP contribution in [0.2, 0.25) is 0 Å². The number of hydrogen-bond acceptors (Lipinski definition) is 4. The fraction of sp³-hybridized carbons (Fsp3) is 0.948. The number of nitrogens with zero attached hydrogens (tertiary/aromatic N) is 2. The fourth-order valence-corrected chi connectivity index (χ4v) is 10.1. The Morgan fingerprint density at radius 1 is 0.312 bits per heavy atom. The normalized spacial score (nSPS) is 12.8. The Bertz CT molecular complexity index is 1000. The van der Waals surface area contributed by atoms with Crippen LogP contribution in [0.5, 0.6) is 0 Å². The molecule has 1 rings (SSSR count). The van der Waals surface area contributed by atoms with E-state index >= 15 is 0 Å². The van der Waals surface area contributed by atoms with E-state index in [0.29, 0.717) is 12.8 Å². The highest BCUT2D eigenvalue weighted by Gasteiger charge is 2.15. The zero-order valence-electron chi connectivity index (χ0n) is 43.3. The van der Waals surface area contributed by atoms with Crippen LogP contribution in [0.4, 0.5) is 0 Å². The number of rotatable bonds is 55. The van der Waals surface area contributed by atoms with Gasteiger partial charge in [0.05, 0.1) is 12.4 Å². The molecule has 0 aromatic heterocycles. The number of primary amides is 2. The summed E-state index contributed by atoms with van der Waals surface area (Å²) < 4.78 is 0. The molecule has 0 atom stereocenters. The molecule has 64 heavy (non-hydrogen) atoms. The van der Waals surface area contributed by atoms with Gasteiger partial charge in [-0.15, -0.1) is 0 Å². The third-order valence-electron chi connectivity index (χ3n) is 14.5. The predicted octanol–water partition coefficient (Wildman–Crippen LogP) is 18.0. The van der Waals surface area contributed by atoms with Gasteiger partial charge in [-0.2, -0.15) is 0 Å². The van der Waals surface area contributed by atoms with E-state index in [2.05, 4.69) is 4.90 Å². The Labute approximate surface area is 400 Å². The van der Waals surface area contributed by atoms with Crippen molar-refractivity contribution in [3.63, 3.8) is 0 Å². The molecule has 1 aliphatic rings. The minimum absolute atomic E-state index is 0.150. The van der Waals surface area contributed by atoms with Crippen LogP contribution < -0.4 is 11.5 Å². The second-order valence-corrected chi connectivity index (χ2v) is 20.8. The number of unbranched alkanes of at least 4 members (excludes halogenated alkanes) is 47. The highest BCUT2D eigenvalue weighted by molar-refractivity contribution is 5.83. The van der Waals surface area contributed by atoms with Gasteiger partial charge in [0.1, 0.15) is 0 Å². The van der Waals surface area contributed by atoms with Crippen LogP contribution in [0.1, 0.15) is 334 Å². The van der Waals surface area contributed by atoms with Gasteiger partial charge in [-0.3, -0.25) is 14.6 Å². The molecular weight excluding hydrogens is 785 g/mol. The van der Waals surface area contributed by atoms with Gasteiger partial charge in [0, 0.05) is 32.4 Å². The lowest BCUT2D eigenvalue weighted by atomic mass is 10.0. The number of hydrogen-bond donors (Lipinski definition) is 2. The van der Waals surface area contributed by atoms with Crippen molar-refractivity contribution in [2.45, 2.75) is 334 Å². The van der Waals surface area contributed by atoms with Crippen molar-refractivity contribution in [3.05, 3.63) is 0 Å². The first-order chi connectivity index (χ1) is 31.6. The van der Waals surface area contributed by atoms with E-state index in [-0.39, 0.29) is 11.8 Å². The van der Waals surface area contributed by atoms with Crippen molar-refractivity contribution in [1.82, 2.24) is 4.90 Å². The smallest absolute Gasteiger partial charge is 0.217 e. The Morgan fingerprint density at radius 3 is 0.750 bits per heavy atom. The first-order valence-electron chi connectivity index (χ1n) is 29.4. The van der Waals surface area contributed by atoms with E-state index in [1.165, 1.54) is 314 Å². The van der Waals surface area contributed by atoms with E-state index in [4.69, 9.17) is 16.5 Å². The lowest BCUT2D eigenvalue weighted by molar-refractivity contribution is -0.119. The Kier molecular flexibility index (Phi) is 48.0. The zero-order chi connectivity index (χ0) is 45.9. The number of aliphatic imine (C=N–C) groups is 1. The van der Waals surface area contributed by atoms with Crippen LogP contribution in [0.25, 0.3) is 0 Å². The minimum atomic E-state index is -0.150. The molecular formula is C58H114N4O2. The highest BCUT2D eigenvalue weighted by atomic mass is 16.1. The first-order valence-corrected chi connectivity index (χ1v) is 29.4. The second-order valence-electron chi connectivity index (χ2n) is 20.8. The van der Waals surface area contributed by atoms with Gasteiger partial charge in [-0.05, 0) is 25.7 Å². The van der Waals surface area contributed by atoms with E-state index < -0.39 is 0 Å². The third-order valence-corrected chi connectivity index (χ3v) is 14.5. The molecule has 1 aliphatic heterocycles. The van der Waals surface area contributed by atoms with E-state index in [1.807, 2.05) is 0 Å². The standard InChI is InChI=1S/C58H114N4O2/c59-56(63)50-46-42-38-34-30-26-22-18-14-10-6-2-1-5-9-13-17-21-25-29-33-37-41-45-49-54-62-55-53-61-58(62)52-48-44-40-36-32-28-24-20-16-12-8-4-3-7-11-15-19-23-27-31-35-39-43-47-51-57(60)64/h1-55H2,(H2,59,63)(H2,60,64). The number of amides is 2. The summed E-state index contributed by atoms with van der Waals surface area (Å²) in [5.74, 6) is 1.13. The average molecular weight is 900 g/mol. The first kappa shape index (κ1) is 60.4. The second kappa shape index (κ2) is 50.8. The fourth-order valence-electron chi connectivity index (χ4n) is 10.1. The van der Waals surface area contributed by atoms with Gasteiger partial charge in [0.15, 0.2) is 0 Å². The number of carbonyl (C=O) groups is 2. The Hall–Kier alpha value is -1.59. The summed E-state index contributed by atoms with van der Waals surface area (Å²) in [7, 11) is 0. The van der Waals surface area contributed by atoms with Crippen LogP contribution in [0.15, 0.2) is 4.99 Å². The van der Waals surface area contributed by atoms with Crippen molar-refractivity contribution in [1.29, 1.82) is 0 Å². The quantitative estimate of drug-likeness (QED) is 0.0595. The minimum Gasteiger partial charge on any atom is -0.370 e. The summed E-state index contributed by atoms with van der Waals surface area (Å²) in [4.78, 5) is 29.0. The molecule has 0 saturated carbocycles. The molecule has 6 heteroatoms. The number of nitrogens with two attached hydrogens (primary N) is 2. The van der Waals surface area contributed by atoms with Crippen molar-refractivity contribution >= 4 is 17.6 Å². The maximum absolute atomic E-state index is 10.8. The Morgan fingerprint density at radius 2 is 0.516 bits per heavy atom. The third kappa shape index (κ3) is 46.9. The van der Waals surface area contributed by atoms with Crippen molar-refractivity contribution < 1.29 is 9.59 Å². The molecule has 4 N–H and O–H groups in total. The molecule has 0 aromatic rings. The molecule has 6 nitrogen and oxygen atoms in total. The van der Waals surface area contributed by atoms with Gasteiger partial charge < -0.3 is 16.4 Å². The van der Waals surface area contributed by atoms with Crippen molar-refractivity contribution in [2.24, 2.45) is 16.5 Å². The van der Waals surface area contributed by atoms with Gasteiger partial charge in [0.2, 0.25) is 11.8 Å². The molecule has 0 radical (unpaired) electrons. The average Bonchev–Trinajstić information content (AvgIpc) is 3.73. The summed E-state index contributed by atoms with van der Waals surface area (Å²) in [5.41, 5.74) is 10.4. The van der Waals surface area contributed by atoms with Crippen LogP contribution in [0.3, 0.4) is 0 Å². The molecule has 0 unspecified atom stereocenters. The van der Waals surface area contributed by atoms with Crippen LogP contribution in [0, 0.1) is 0 Å². The van der Waals surface area contributed by atoms with Crippen LogP contribution in [-0.4, -0.2) is 42.2 Å². The molecule has 378 valence electrons. The van der Waals surface area contributed by atoms with Gasteiger partial charge >= 0.3 is 0 Å². The summed E-state index contributed by atoms with van der Waals surface area (Å²) in [6, 6.07) is 0. The zero-order valence-corrected chi connectivity index (χ0v) is 43.3. The molecule has 2 amide bonds. The van der Waals surface area contributed by atoms with E-state index in [1.54, 1.807) is 0 Å². The molecule has 0 fully saturated rings. The van der Waals surface area contributed by atoms with Crippen molar-refractivity contribution in [2.75, 3.05) is 19.6 Å². The SMILES string of the molecule is NC(=O)CCCCCCCCCCCCCCCCCCCCCCCCCCCN1CCN=C1CCCCCCCCCCCCCCCCCCCCCCCCCCC(N)=O.